The molecular formula is C39H42O10S. The van der Waals surface area contributed by atoms with Crippen molar-refractivity contribution in [3.8, 4) is 23.0 Å². The molecule has 1 aliphatic carbocycles. The van der Waals surface area contributed by atoms with Gasteiger partial charge in [-0.15, -0.1) is 0 Å². The molecule has 1 aliphatic rings. The molecule has 10 nitrogen and oxygen atoms in total. The molecule has 3 aromatic rings. The highest BCUT2D eigenvalue weighted by Gasteiger charge is 2.32. The highest BCUT2D eigenvalue weighted by atomic mass is 32.1. The van der Waals surface area contributed by atoms with Crippen molar-refractivity contribution < 1.29 is 43.5 Å². The number of allylic oxidation sites excluding steroid dienone is 3. The van der Waals surface area contributed by atoms with Gasteiger partial charge in [-0.2, -0.15) is 0 Å². The Balaban J connectivity index is 1.55. The lowest BCUT2D eigenvalue weighted by molar-refractivity contribution is 0.0650. The second kappa shape index (κ2) is 17.6. The number of unbranched alkanes of at least 4 members (excludes halogenated alkanes) is 2. The SMILES string of the molecule is CCCc1c(OCCCC/C=C\C=C\[C@@H](c2c(C(=O)O)oc3c(c2=O)=CCC(=S)C=3)[C@@H](O)c2ccc(OC)cc2OC)ccc(C(C)=O)c1O. The van der Waals surface area contributed by atoms with Gasteiger partial charge in [0.05, 0.1) is 43.3 Å². The third-order valence-electron chi connectivity index (χ3n) is 8.35. The maximum atomic E-state index is 13.9. The summed E-state index contributed by atoms with van der Waals surface area (Å²) >= 11 is 5.24. The van der Waals surface area contributed by atoms with Crippen LogP contribution in [-0.2, 0) is 6.42 Å². The zero-order valence-electron chi connectivity index (χ0n) is 28.6. The maximum Gasteiger partial charge on any atom is 0.372 e. The van der Waals surface area contributed by atoms with E-state index in [0.717, 1.165) is 19.3 Å². The van der Waals surface area contributed by atoms with E-state index in [0.29, 0.717) is 59.1 Å². The van der Waals surface area contributed by atoms with Crippen molar-refractivity contribution in [3.63, 3.8) is 0 Å². The highest BCUT2D eigenvalue weighted by molar-refractivity contribution is 7.81. The van der Waals surface area contributed by atoms with E-state index in [-0.39, 0.29) is 33.3 Å². The lowest BCUT2D eigenvalue weighted by atomic mass is 9.86. The second-order valence-corrected chi connectivity index (χ2v) is 12.3. The highest BCUT2D eigenvalue weighted by Crippen LogP contribution is 2.38. The van der Waals surface area contributed by atoms with Crippen LogP contribution in [0.1, 0.15) is 95.6 Å². The predicted octanol–water partition coefficient (Wildman–Crippen LogP) is 5.73. The summed E-state index contributed by atoms with van der Waals surface area (Å²) in [7, 11) is 2.93. The van der Waals surface area contributed by atoms with Crippen LogP contribution >= 0.6 is 12.2 Å². The smallest absolute Gasteiger partial charge is 0.372 e. The fourth-order valence-corrected chi connectivity index (χ4v) is 5.99. The Bertz CT molecular complexity index is 1990. The van der Waals surface area contributed by atoms with Gasteiger partial charge in [0.1, 0.15) is 28.4 Å². The number of ketones is 1. The number of aliphatic hydroxyl groups is 1. The van der Waals surface area contributed by atoms with Crippen molar-refractivity contribution in [3.05, 3.63) is 104 Å². The fraction of sp³-hybridized carbons (Fsp3) is 0.333. The van der Waals surface area contributed by atoms with Gasteiger partial charge in [0.15, 0.2) is 11.2 Å². The molecule has 0 unspecified atom stereocenters. The third-order valence-corrected chi connectivity index (χ3v) is 8.63. The number of Topliss-reactive ketones (excluding diaryl/α,β-unsaturated/α-hetero) is 1. The van der Waals surface area contributed by atoms with Crippen LogP contribution in [0.2, 0.25) is 0 Å². The number of phenols is 1. The summed E-state index contributed by atoms with van der Waals surface area (Å²) in [6.45, 7) is 3.83. The van der Waals surface area contributed by atoms with E-state index < -0.39 is 29.2 Å². The van der Waals surface area contributed by atoms with E-state index in [1.54, 1.807) is 54.6 Å². The third kappa shape index (κ3) is 8.77. The van der Waals surface area contributed by atoms with Crippen LogP contribution in [0.3, 0.4) is 0 Å². The second-order valence-electron chi connectivity index (χ2n) is 11.8. The van der Waals surface area contributed by atoms with Crippen LogP contribution in [0.4, 0.5) is 0 Å². The lowest BCUT2D eigenvalue weighted by Crippen LogP contribution is -2.45. The first-order valence-corrected chi connectivity index (χ1v) is 16.8. The molecule has 0 aliphatic heterocycles. The minimum atomic E-state index is -1.46. The molecule has 0 spiro atoms. The Labute approximate surface area is 295 Å². The number of aromatic carboxylic acids is 1. The molecule has 0 amide bonds. The summed E-state index contributed by atoms with van der Waals surface area (Å²) in [4.78, 5) is 38.6. The first-order chi connectivity index (χ1) is 24.0. The van der Waals surface area contributed by atoms with Gasteiger partial charge in [-0.3, -0.25) is 9.59 Å². The number of phenolic OH excluding ortho intramolecular Hbond substituents is 1. The van der Waals surface area contributed by atoms with Gasteiger partial charge in [0.2, 0.25) is 5.76 Å². The molecule has 50 heavy (non-hydrogen) atoms. The number of ether oxygens (including phenoxy) is 3. The Morgan fingerprint density at radius 3 is 2.54 bits per heavy atom. The monoisotopic (exact) mass is 702 g/mol. The van der Waals surface area contributed by atoms with E-state index in [9.17, 15) is 29.7 Å². The van der Waals surface area contributed by atoms with Gasteiger partial charge >= 0.3 is 5.97 Å². The average molecular weight is 703 g/mol. The molecule has 4 rings (SSSR count). The van der Waals surface area contributed by atoms with Crippen molar-refractivity contribution in [1.82, 2.24) is 0 Å². The number of benzene rings is 2. The largest absolute Gasteiger partial charge is 0.507 e. The Morgan fingerprint density at radius 1 is 1.08 bits per heavy atom. The number of rotatable bonds is 17. The summed E-state index contributed by atoms with van der Waals surface area (Å²) in [5.74, 6) is -2.05. The molecule has 2 atom stereocenters. The molecule has 264 valence electrons. The van der Waals surface area contributed by atoms with Crippen molar-refractivity contribution >= 4 is 41.0 Å². The van der Waals surface area contributed by atoms with E-state index in [4.69, 9.17) is 30.8 Å². The Kier molecular flexibility index (Phi) is 13.3. The number of aromatic hydroxyl groups is 1. The quantitative estimate of drug-likeness (QED) is 0.0685. The molecule has 0 bridgehead atoms. The Morgan fingerprint density at radius 2 is 1.86 bits per heavy atom. The number of carboxylic acids is 1. The summed E-state index contributed by atoms with van der Waals surface area (Å²) in [5.41, 5.74) is 0.535. The average Bonchev–Trinajstić information content (AvgIpc) is 3.09. The Hall–Kier alpha value is -5.00. The van der Waals surface area contributed by atoms with E-state index in [1.807, 2.05) is 13.0 Å². The summed E-state index contributed by atoms with van der Waals surface area (Å²) in [6, 6.07) is 8.13. The number of hydrogen-bond acceptors (Lipinski definition) is 10. The molecule has 0 radical (unpaired) electrons. The standard InChI is InChI=1S/C39H42O10S/c1-5-12-27-31(19-18-26(23(2)40)35(27)41)48-20-11-9-7-6-8-10-13-30(36(42)28-16-14-24(46-3)21-32(28)47-4)34-37(43)29-17-15-25(50)22-33(29)49-38(34)39(44)45/h6,8,10,13-14,16-19,21-22,30,36,41-42H,5,7,9,11-12,15,20H2,1-4H3,(H,44,45)/b8-6-,13-10+/t30-,36-/m0/s1. The molecule has 0 saturated carbocycles. The minimum absolute atomic E-state index is 0.0235. The van der Waals surface area contributed by atoms with Gasteiger partial charge in [-0.05, 0) is 62.9 Å². The van der Waals surface area contributed by atoms with Gasteiger partial charge in [0, 0.05) is 34.4 Å². The van der Waals surface area contributed by atoms with Crippen molar-refractivity contribution in [2.24, 2.45) is 0 Å². The van der Waals surface area contributed by atoms with Crippen LogP contribution in [0.5, 0.6) is 23.0 Å². The zero-order valence-corrected chi connectivity index (χ0v) is 29.4. The molecule has 3 N–H and O–H groups in total. The maximum absolute atomic E-state index is 13.9. The molecule has 1 heterocycles. The number of aliphatic hydroxyl groups excluding tert-OH is 1. The summed E-state index contributed by atoms with van der Waals surface area (Å²) in [5, 5.41) is 32.6. The first-order valence-electron chi connectivity index (χ1n) is 16.4. The van der Waals surface area contributed by atoms with Crippen molar-refractivity contribution in [2.45, 2.75) is 64.4 Å². The van der Waals surface area contributed by atoms with Crippen LogP contribution in [0, 0.1) is 0 Å². The number of carbonyl (C=O) groups excluding carboxylic acids is 1. The number of thiocarbonyl (C=S) groups is 1. The number of carboxylic acid groups (broad SMARTS) is 1. The molecule has 2 aromatic carbocycles. The van der Waals surface area contributed by atoms with Gasteiger partial charge in [0.25, 0.3) is 0 Å². The first kappa shape index (κ1) is 37.8. The van der Waals surface area contributed by atoms with Gasteiger partial charge < -0.3 is 33.9 Å². The summed E-state index contributed by atoms with van der Waals surface area (Å²) < 4.78 is 22.5. The van der Waals surface area contributed by atoms with E-state index in [1.165, 1.54) is 27.2 Å². The molecule has 11 heteroatoms. The van der Waals surface area contributed by atoms with E-state index in [2.05, 4.69) is 0 Å². The molecular weight excluding hydrogens is 660 g/mol. The van der Waals surface area contributed by atoms with Crippen LogP contribution in [-0.4, -0.2) is 52.8 Å². The minimum Gasteiger partial charge on any atom is -0.507 e. The van der Waals surface area contributed by atoms with Crippen LogP contribution < -0.4 is 30.3 Å². The van der Waals surface area contributed by atoms with Gasteiger partial charge in [-0.1, -0.05) is 55.9 Å². The number of hydrogen-bond donors (Lipinski definition) is 3. The zero-order chi connectivity index (χ0) is 36.4. The van der Waals surface area contributed by atoms with Crippen molar-refractivity contribution in [2.75, 3.05) is 20.8 Å². The lowest BCUT2D eigenvalue weighted by Gasteiger charge is -2.23. The fourth-order valence-electron chi connectivity index (χ4n) is 5.80. The van der Waals surface area contributed by atoms with Gasteiger partial charge in [-0.25, -0.2) is 4.79 Å². The molecule has 0 fully saturated rings. The number of methoxy groups -OCH3 is 2. The van der Waals surface area contributed by atoms with E-state index >= 15 is 0 Å². The summed E-state index contributed by atoms with van der Waals surface area (Å²) in [6.07, 6.45) is 12.5. The predicted molar refractivity (Wildman–Crippen MR) is 194 cm³/mol. The van der Waals surface area contributed by atoms with Crippen LogP contribution in [0.15, 0.2) is 63.8 Å². The van der Waals surface area contributed by atoms with Crippen molar-refractivity contribution in [1.29, 1.82) is 0 Å². The number of fused-ring (bicyclic) bond motifs is 1. The number of carbonyl (C=O) groups is 2. The normalized spacial score (nSPS) is 13.7. The topological polar surface area (TPSA) is 153 Å². The molecule has 1 aromatic heterocycles. The van der Waals surface area contributed by atoms with Crippen LogP contribution in [0.25, 0.3) is 12.2 Å². The molecule has 0 saturated heterocycles.